The number of benzene rings is 1. The lowest BCUT2D eigenvalue weighted by atomic mass is 10.3. The van der Waals surface area contributed by atoms with E-state index in [2.05, 4.69) is 10.4 Å². The molecule has 2 rings (SSSR count). The first-order valence-electron chi connectivity index (χ1n) is 5.30. The summed E-state index contributed by atoms with van der Waals surface area (Å²) >= 11 is 5.94. The summed E-state index contributed by atoms with van der Waals surface area (Å²) in [6.45, 7) is 2.51. The molecule has 2 aromatic rings. The van der Waals surface area contributed by atoms with Gasteiger partial charge in [-0.25, -0.2) is 0 Å². The minimum atomic E-state index is -0.249. The first-order valence-corrected chi connectivity index (χ1v) is 5.68. The number of nitrogens with one attached hydrogen (secondary N) is 1. The summed E-state index contributed by atoms with van der Waals surface area (Å²) in [4.78, 5) is 12.0. The molecule has 0 saturated carbocycles. The fourth-order valence-corrected chi connectivity index (χ4v) is 1.77. The summed E-state index contributed by atoms with van der Waals surface area (Å²) in [5.41, 5.74) is 1.12. The van der Waals surface area contributed by atoms with E-state index in [1.807, 2.05) is 37.3 Å². The van der Waals surface area contributed by atoms with Gasteiger partial charge in [0.15, 0.2) is 0 Å². The number of carbonyl (C=O) groups excluding carboxylic acids is 1. The Morgan fingerprint density at radius 2 is 2.12 bits per heavy atom. The molecule has 0 unspecified atom stereocenters. The number of nitrogens with zero attached hydrogens (tertiary/aromatic N) is 2. The smallest absolute Gasteiger partial charge is 0.275 e. The van der Waals surface area contributed by atoms with Gasteiger partial charge >= 0.3 is 0 Å². The van der Waals surface area contributed by atoms with E-state index < -0.39 is 0 Å². The van der Waals surface area contributed by atoms with Crippen LogP contribution in [0.1, 0.15) is 17.4 Å². The van der Waals surface area contributed by atoms with Gasteiger partial charge in [0, 0.05) is 12.2 Å². The zero-order valence-electron chi connectivity index (χ0n) is 9.35. The van der Waals surface area contributed by atoms with Crippen LogP contribution in [-0.2, 0) is 6.54 Å². The molecular formula is C12H12ClN3O. The normalized spacial score (nSPS) is 10.2. The monoisotopic (exact) mass is 249 g/mol. The van der Waals surface area contributed by atoms with E-state index in [1.54, 1.807) is 4.68 Å². The second kappa shape index (κ2) is 5.01. The summed E-state index contributed by atoms with van der Waals surface area (Å²) in [6.07, 6.45) is 1.48. The number of amides is 1. The molecule has 17 heavy (non-hydrogen) atoms. The molecule has 1 aromatic carbocycles. The highest BCUT2D eigenvalue weighted by molar-refractivity contribution is 6.34. The first kappa shape index (κ1) is 11.7. The molecule has 0 aliphatic rings. The fourth-order valence-electron chi connectivity index (χ4n) is 1.54. The summed E-state index contributed by atoms with van der Waals surface area (Å²) in [6, 6.07) is 9.23. The number of aryl methyl sites for hydroxylation is 1. The summed E-state index contributed by atoms with van der Waals surface area (Å²) in [7, 11) is 0. The van der Waals surface area contributed by atoms with E-state index in [0.717, 1.165) is 5.69 Å². The third kappa shape index (κ3) is 2.47. The van der Waals surface area contributed by atoms with Crippen molar-refractivity contribution in [3.8, 4) is 0 Å². The zero-order chi connectivity index (χ0) is 12.3. The number of rotatable bonds is 3. The molecule has 5 heteroatoms. The molecule has 0 atom stereocenters. The SMILES string of the molecule is CCn1ncc(Cl)c1C(=O)Nc1ccccc1. The number of hydrogen-bond acceptors (Lipinski definition) is 2. The Kier molecular flexibility index (Phi) is 3.44. The van der Waals surface area contributed by atoms with Crippen LogP contribution in [0.15, 0.2) is 36.5 Å². The van der Waals surface area contributed by atoms with Crippen molar-refractivity contribution in [1.29, 1.82) is 0 Å². The van der Waals surface area contributed by atoms with Crippen molar-refractivity contribution in [3.63, 3.8) is 0 Å². The van der Waals surface area contributed by atoms with E-state index >= 15 is 0 Å². The molecule has 0 spiro atoms. The standard InChI is InChI=1S/C12H12ClN3O/c1-2-16-11(10(13)8-14-16)12(17)15-9-6-4-3-5-7-9/h3-8H,2H2,1H3,(H,15,17). The van der Waals surface area contributed by atoms with Crippen molar-refractivity contribution in [1.82, 2.24) is 9.78 Å². The fraction of sp³-hybridized carbons (Fsp3) is 0.167. The molecule has 0 bridgehead atoms. The maximum Gasteiger partial charge on any atom is 0.275 e. The van der Waals surface area contributed by atoms with E-state index in [0.29, 0.717) is 17.3 Å². The van der Waals surface area contributed by atoms with Crippen molar-refractivity contribution >= 4 is 23.2 Å². The molecule has 1 aromatic heterocycles. The highest BCUT2D eigenvalue weighted by Crippen LogP contribution is 2.17. The average Bonchev–Trinajstić information content (AvgIpc) is 2.71. The van der Waals surface area contributed by atoms with Crippen molar-refractivity contribution in [2.75, 3.05) is 5.32 Å². The van der Waals surface area contributed by atoms with E-state index in [4.69, 9.17) is 11.6 Å². The van der Waals surface area contributed by atoms with Gasteiger partial charge in [-0.15, -0.1) is 0 Å². The highest BCUT2D eigenvalue weighted by atomic mass is 35.5. The molecule has 0 fully saturated rings. The van der Waals surface area contributed by atoms with Gasteiger partial charge in [-0.05, 0) is 19.1 Å². The first-order chi connectivity index (χ1) is 8.22. The predicted octanol–water partition coefficient (Wildman–Crippen LogP) is 2.81. The summed E-state index contributed by atoms with van der Waals surface area (Å²) in [5, 5.41) is 7.16. The van der Waals surface area contributed by atoms with E-state index in [-0.39, 0.29) is 5.91 Å². The highest BCUT2D eigenvalue weighted by Gasteiger charge is 2.16. The van der Waals surface area contributed by atoms with Gasteiger partial charge in [0.05, 0.1) is 11.2 Å². The van der Waals surface area contributed by atoms with Gasteiger partial charge in [0.25, 0.3) is 5.91 Å². The minimum Gasteiger partial charge on any atom is -0.321 e. The van der Waals surface area contributed by atoms with Crippen LogP contribution in [0.25, 0.3) is 0 Å². The Morgan fingerprint density at radius 3 is 2.76 bits per heavy atom. The lowest BCUT2D eigenvalue weighted by Gasteiger charge is -2.06. The van der Waals surface area contributed by atoms with Crippen molar-refractivity contribution < 1.29 is 4.79 Å². The van der Waals surface area contributed by atoms with Gasteiger partial charge in [-0.3, -0.25) is 9.48 Å². The van der Waals surface area contributed by atoms with Crippen LogP contribution in [0.4, 0.5) is 5.69 Å². The van der Waals surface area contributed by atoms with Crippen LogP contribution >= 0.6 is 11.6 Å². The number of aromatic nitrogens is 2. The number of anilines is 1. The maximum absolute atomic E-state index is 12.0. The number of halogens is 1. The van der Waals surface area contributed by atoms with Crippen LogP contribution in [-0.4, -0.2) is 15.7 Å². The minimum absolute atomic E-state index is 0.249. The third-order valence-corrected chi connectivity index (χ3v) is 2.62. The van der Waals surface area contributed by atoms with Crippen LogP contribution in [0.2, 0.25) is 5.02 Å². The molecule has 1 N–H and O–H groups in total. The Labute approximate surface area is 104 Å². The molecule has 88 valence electrons. The Hall–Kier alpha value is -1.81. The molecule has 0 saturated heterocycles. The molecule has 0 aliphatic carbocycles. The summed E-state index contributed by atoms with van der Waals surface area (Å²) in [5.74, 6) is -0.249. The van der Waals surface area contributed by atoms with Gasteiger partial charge in [-0.2, -0.15) is 5.10 Å². The van der Waals surface area contributed by atoms with Crippen molar-refractivity contribution in [2.24, 2.45) is 0 Å². The Balaban J connectivity index is 2.23. The lowest BCUT2D eigenvalue weighted by molar-refractivity contribution is 0.101. The Morgan fingerprint density at radius 1 is 1.41 bits per heavy atom. The van der Waals surface area contributed by atoms with Crippen molar-refractivity contribution in [3.05, 3.63) is 47.2 Å². The number of carbonyl (C=O) groups is 1. The third-order valence-electron chi connectivity index (χ3n) is 2.34. The van der Waals surface area contributed by atoms with E-state index in [1.165, 1.54) is 6.20 Å². The van der Waals surface area contributed by atoms with Crippen LogP contribution in [0.5, 0.6) is 0 Å². The molecule has 1 heterocycles. The maximum atomic E-state index is 12.0. The second-order valence-corrected chi connectivity index (χ2v) is 3.88. The number of hydrogen-bond donors (Lipinski definition) is 1. The van der Waals surface area contributed by atoms with Crippen LogP contribution in [0.3, 0.4) is 0 Å². The summed E-state index contributed by atoms with van der Waals surface area (Å²) < 4.78 is 1.57. The lowest BCUT2D eigenvalue weighted by Crippen LogP contribution is -2.17. The molecular weight excluding hydrogens is 238 g/mol. The Bertz CT molecular complexity index is 522. The molecule has 1 amide bonds. The largest absolute Gasteiger partial charge is 0.321 e. The van der Waals surface area contributed by atoms with Crippen molar-refractivity contribution in [2.45, 2.75) is 13.5 Å². The van der Waals surface area contributed by atoms with Gasteiger partial charge in [-0.1, -0.05) is 29.8 Å². The second-order valence-electron chi connectivity index (χ2n) is 3.48. The predicted molar refractivity (Wildman–Crippen MR) is 67.3 cm³/mol. The quantitative estimate of drug-likeness (QED) is 0.909. The number of para-hydroxylation sites is 1. The molecule has 4 nitrogen and oxygen atoms in total. The molecule has 0 aliphatic heterocycles. The van der Waals surface area contributed by atoms with Gasteiger partial charge < -0.3 is 5.32 Å². The average molecular weight is 250 g/mol. The molecule has 0 radical (unpaired) electrons. The van der Waals surface area contributed by atoms with Crippen LogP contribution < -0.4 is 5.32 Å². The van der Waals surface area contributed by atoms with Gasteiger partial charge in [0.2, 0.25) is 0 Å². The zero-order valence-corrected chi connectivity index (χ0v) is 10.1. The topological polar surface area (TPSA) is 46.9 Å². The van der Waals surface area contributed by atoms with Crippen LogP contribution in [0, 0.1) is 0 Å². The van der Waals surface area contributed by atoms with E-state index in [9.17, 15) is 4.79 Å². The van der Waals surface area contributed by atoms with Gasteiger partial charge in [0.1, 0.15) is 5.69 Å².